The number of nitrogens with one attached hydrogen (secondary N) is 2. The van der Waals surface area contributed by atoms with Crippen LogP contribution >= 0.6 is 0 Å². The third kappa shape index (κ3) is 6.99. The van der Waals surface area contributed by atoms with Gasteiger partial charge in [-0.25, -0.2) is 9.38 Å². The van der Waals surface area contributed by atoms with Gasteiger partial charge in [0.05, 0.1) is 13.2 Å². The van der Waals surface area contributed by atoms with Gasteiger partial charge in [-0.05, 0) is 31.0 Å². The SMILES string of the molecule is CCCCNC(=NCC(=O)N(C)C)NC(C)c1ccc(OC)c(F)c1. The zero-order valence-corrected chi connectivity index (χ0v) is 15.7. The quantitative estimate of drug-likeness (QED) is 0.428. The van der Waals surface area contributed by atoms with Crippen molar-refractivity contribution in [2.24, 2.45) is 4.99 Å². The maximum atomic E-state index is 13.9. The zero-order valence-electron chi connectivity index (χ0n) is 15.7. The number of aliphatic imine (C=N–C) groups is 1. The van der Waals surface area contributed by atoms with Crippen LogP contribution in [0.1, 0.15) is 38.3 Å². The van der Waals surface area contributed by atoms with Crippen molar-refractivity contribution >= 4 is 11.9 Å². The largest absolute Gasteiger partial charge is 0.494 e. The van der Waals surface area contributed by atoms with Crippen molar-refractivity contribution in [3.05, 3.63) is 29.6 Å². The van der Waals surface area contributed by atoms with Crippen molar-refractivity contribution in [3.8, 4) is 5.75 Å². The van der Waals surface area contributed by atoms with Gasteiger partial charge in [-0.15, -0.1) is 0 Å². The Kier molecular flexibility index (Phi) is 8.74. The number of amides is 1. The molecule has 140 valence electrons. The van der Waals surface area contributed by atoms with E-state index < -0.39 is 5.82 Å². The molecule has 0 spiro atoms. The predicted octanol–water partition coefficient (Wildman–Crippen LogP) is 2.32. The van der Waals surface area contributed by atoms with Crippen LogP contribution in [0.4, 0.5) is 4.39 Å². The first-order valence-corrected chi connectivity index (χ1v) is 8.47. The molecular weight excluding hydrogens is 323 g/mol. The molecule has 7 heteroatoms. The summed E-state index contributed by atoms with van der Waals surface area (Å²) < 4.78 is 18.8. The lowest BCUT2D eigenvalue weighted by Gasteiger charge is -2.19. The van der Waals surface area contributed by atoms with Crippen molar-refractivity contribution in [3.63, 3.8) is 0 Å². The molecule has 0 aliphatic heterocycles. The summed E-state index contributed by atoms with van der Waals surface area (Å²) in [6.45, 7) is 4.82. The molecule has 1 rings (SSSR count). The number of hydrogen-bond acceptors (Lipinski definition) is 3. The highest BCUT2D eigenvalue weighted by Gasteiger charge is 2.12. The van der Waals surface area contributed by atoms with Crippen LogP contribution in [0, 0.1) is 5.82 Å². The average molecular weight is 352 g/mol. The van der Waals surface area contributed by atoms with Gasteiger partial charge in [0.1, 0.15) is 6.54 Å². The highest BCUT2D eigenvalue weighted by atomic mass is 19.1. The Hall–Kier alpha value is -2.31. The molecule has 1 amide bonds. The molecule has 2 N–H and O–H groups in total. The number of unbranched alkanes of at least 4 members (excludes halogenated alkanes) is 1. The van der Waals surface area contributed by atoms with Gasteiger partial charge >= 0.3 is 0 Å². The summed E-state index contributed by atoms with van der Waals surface area (Å²) in [5.74, 6) is 0.253. The monoisotopic (exact) mass is 352 g/mol. The summed E-state index contributed by atoms with van der Waals surface area (Å²) in [6.07, 6.45) is 2.05. The molecule has 0 fully saturated rings. The number of hydrogen-bond donors (Lipinski definition) is 2. The minimum atomic E-state index is -0.408. The van der Waals surface area contributed by atoms with E-state index in [1.54, 1.807) is 26.2 Å². The molecule has 0 radical (unpaired) electrons. The van der Waals surface area contributed by atoms with Gasteiger partial charge in [-0.2, -0.15) is 0 Å². The molecule has 1 unspecified atom stereocenters. The van der Waals surface area contributed by atoms with Crippen LogP contribution in [0.25, 0.3) is 0 Å². The molecule has 0 bridgehead atoms. The number of methoxy groups -OCH3 is 1. The fraction of sp³-hybridized carbons (Fsp3) is 0.556. The van der Waals surface area contributed by atoms with E-state index in [4.69, 9.17) is 4.74 Å². The van der Waals surface area contributed by atoms with Crippen LogP contribution in [0.3, 0.4) is 0 Å². The second-order valence-electron chi connectivity index (χ2n) is 5.99. The number of rotatable bonds is 8. The number of halogens is 1. The lowest BCUT2D eigenvalue weighted by Crippen LogP contribution is -2.40. The summed E-state index contributed by atoms with van der Waals surface area (Å²) in [5.41, 5.74) is 0.766. The molecule has 0 heterocycles. The van der Waals surface area contributed by atoms with Crippen molar-refractivity contribution < 1.29 is 13.9 Å². The van der Waals surface area contributed by atoms with Gasteiger partial charge in [-0.1, -0.05) is 19.4 Å². The molecule has 1 atom stereocenters. The minimum absolute atomic E-state index is 0.0537. The molecule has 0 saturated heterocycles. The maximum Gasteiger partial charge on any atom is 0.243 e. The second-order valence-corrected chi connectivity index (χ2v) is 5.99. The Labute approximate surface area is 149 Å². The number of carbonyl (C=O) groups excluding carboxylic acids is 1. The van der Waals surface area contributed by atoms with E-state index in [2.05, 4.69) is 22.5 Å². The van der Waals surface area contributed by atoms with Crippen LogP contribution in [-0.4, -0.2) is 51.1 Å². The summed E-state index contributed by atoms with van der Waals surface area (Å²) in [6, 6.07) is 4.65. The first-order chi connectivity index (χ1) is 11.9. The van der Waals surface area contributed by atoms with Crippen molar-refractivity contribution in [2.45, 2.75) is 32.7 Å². The molecule has 0 aromatic heterocycles. The normalized spacial score (nSPS) is 12.5. The summed E-state index contributed by atoms with van der Waals surface area (Å²) in [5, 5.41) is 6.41. The van der Waals surface area contributed by atoms with E-state index >= 15 is 0 Å². The molecule has 1 aromatic carbocycles. The molecule has 25 heavy (non-hydrogen) atoms. The Morgan fingerprint density at radius 1 is 1.40 bits per heavy atom. The molecule has 1 aromatic rings. The van der Waals surface area contributed by atoms with Gasteiger partial charge in [0.25, 0.3) is 0 Å². The number of benzene rings is 1. The third-order valence-electron chi connectivity index (χ3n) is 3.72. The molecular formula is C18H29FN4O2. The van der Waals surface area contributed by atoms with E-state index in [9.17, 15) is 9.18 Å². The number of carbonyl (C=O) groups is 1. The molecule has 0 aliphatic rings. The highest BCUT2D eigenvalue weighted by Crippen LogP contribution is 2.21. The summed E-state index contributed by atoms with van der Waals surface area (Å²) in [4.78, 5) is 17.6. The van der Waals surface area contributed by atoms with Crippen LogP contribution in [0.2, 0.25) is 0 Å². The van der Waals surface area contributed by atoms with Gasteiger partial charge in [0.15, 0.2) is 17.5 Å². The highest BCUT2D eigenvalue weighted by molar-refractivity contribution is 5.85. The van der Waals surface area contributed by atoms with Gasteiger partial charge in [0.2, 0.25) is 5.91 Å². The van der Waals surface area contributed by atoms with E-state index in [0.29, 0.717) is 5.96 Å². The zero-order chi connectivity index (χ0) is 18.8. The van der Waals surface area contributed by atoms with Crippen LogP contribution < -0.4 is 15.4 Å². The number of nitrogens with zero attached hydrogens (tertiary/aromatic N) is 2. The van der Waals surface area contributed by atoms with Gasteiger partial charge in [0, 0.05) is 20.6 Å². The number of guanidine groups is 1. The van der Waals surface area contributed by atoms with Crippen molar-refractivity contribution in [1.82, 2.24) is 15.5 Å². The number of ether oxygens (including phenoxy) is 1. The van der Waals surface area contributed by atoms with Gasteiger partial charge in [-0.3, -0.25) is 4.79 Å². The first kappa shape index (κ1) is 20.7. The summed E-state index contributed by atoms with van der Waals surface area (Å²) in [7, 11) is 4.82. The smallest absolute Gasteiger partial charge is 0.243 e. The molecule has 6 nitrogen and oxygen atoms in total. The Morgan fingerprint density at radius 3 is 2.68 bits per heavy atom. The van der Waals surface area contributed by atoms with E-state index in [-0.39, 0.29) is 24.2 Å². The van der Waals surface area contributed by atoms with Crippen LogP contribution in [0.5, 0.6) is 5.75 Å². The standard InChI is InChI=1S/C18H29FN4O2/c1-6-7-10-20-18(21-12-17(24)23(3)4)22-13(2)14-8-9-16(25-5)15(19)11-14/h8-9,11,13H,6-7,10,12H2,1-5H3,(H2,20,21,22). The maximum absolute atomic E-state index is 13.9. The van der Waals surface area contributed by atoms with E-state index in [0.717, 1.165) is 24.9 Å². The predicted molar refractivity (Wildman–Crippen MR) is 98.4 cm³/mol. The number of likely N-dealkylation sites (N-methyl/N-ethyl adjacent to an activating group) is 1. The Bertz CT molecular complexity index is 590. The van der Waals surface area contributed by atoms with Crippen molar-refractivity contribution in [1.29, 1.82) is 0 Å². The Balaban J connectivity index is 2.82. The molecule has 0 aliphatic carbocycles. The Morgan fingerprint density at radius 2 is 2.12 bits per heavy atom. The average Bonchev–Trinajstić information content (AvgIpc) is 2.58. The van der Waals surface area contributed by atoms with Crippen LogP contribution in [-0.2, 0) is 4.79 Å². The lowest BCUT2D eigenvalue weighted by atomic mass is 10.1. The van der Waals surface area contributed by atoms with E-state index in [1.807, 2.05) is 6.92 Å². The lowest BCUT2D eigenvalue weighted by molar-refractivity contribution is -0.127. The first-order valence-electron chi connectivity index (χ1n) is 8.47. The summed E-state index contributed by atoms with van der Waals surface area (Å²) >= 11 is 0. The fourth-order valence-corrected chi connectivity index (χ4v) is 2.06. The topological polar surface area (TPSA) is 66.0 Å². The fourth-order valence-electron chi connectivity index (χ4n) is 2.06. The minimum Gasteiger partial charge on any atom is -0.494 e. The van der Waals surface area contributed by atoms with Crippen LogP contribution in [0.15, 0.2) is 23.2 Å². The van der Waals surface area contributed by atoms with Crippen molar-refractivity contribution in [2.75, 3.05) is 34.3 Å². The van der Waals surface area contributed by atoms with E-state index in [1.165, 1.54) is 18.1 Å². The van der Waals surface area contributed by atoms with Gasteiger partial charge < -0.3 is 20.3 Å². The molecule has 0 saturated carbocycles. The third-order valence-corrected chi connectivity index (χ3v) is 3.72. The second kappa shape index (κ2) is 10.5.